The summed E-state index contributed by atoms with van der Waals surface area (Å²) >= 11 is 0. The van der Waals surface area contributed by atoms with Crippen molar-refractivity contribution in [2.45, 2.75) is 72.8 Å². The molecule has 3 unspecified atom stereocenters. The molecular formula is C15H31N. The van der Waals surface area contributed by atoms with E-state index in [1.165, 1.54) is 25.7 Å². The lowest BCUT2D eigenvalue weighted by atomic mass is 9.81. The molecule has 16 heavy (non-hydrogen) atoms. The Balaban J connectivity index is 2.59. The first-order valence-electron chi connectivity index (χ1n) is 7.10. The van der Waals surface area contributed by atoms with Crippen molar-refractivity contribution >= 4 is 0 Å². The largest absolute Gasteiger partial charge is 0.311 e. The highest BCUT2D eigenvalue weighted by Crippen LogP contribution is 2.58. The van der Waals surface area contributed by atoms with Gasteiger partial charge in [-0.05, 0) is 43.6 Å². The van der Waals surface area contributed by atoms with Crippen LogP contribution in [0, 0.1) is 17.3 Å². The van der Waals surface area contributed by atoms with Crippen molar-refractivity contribution in [2.24, 2.45) is 17.3 Å². The maximum atomic E-state index is 3.77. The van der Waals surface area contributed by atoms with Gasteiger partial charge >= 0.3 is 0 Å². The molecule has 1 rings (SSSR count). The van der Waals surface area contributed by atoms with Gasteiger partial charge in [0.1, 0.15) is 0 Å². The summed E-state index contributed by atoms with van der Waals surface area (Å²) in [5.74, 6) is 1.73. The van der Waals surface area contributed by atoms with Gasteiger partial charge in [-0.15, -0.1) is 0 Å². The highest BCUT2D eigenvalue weighted by atomic mass is 15.0. The van der Waals surface area contributed by atoms with E-state index >= 15 is 0 Å². The van der Waals surface area contributed by atoms with Crippen molar-refractivity contribution < 1.29 is 0 Å². The average molecular weight is 225 g/mol. The molecule has 0 spiro atoms. The molecule has 0 radical (unpaired) electrons. The molecule has 1 aliphatic rings. The van der Waals surface area contributed by atoms with Gasteiger partial charge in [0.25, 0.3) is 0 Å². The molecule has 1 aliphatic carbocycles. The van der Waals surface area contributed by atoms with Gasteiger partial charge in [-0.1, -0.05) is 47.5 Å². The van der Waals surface area contributed by atoms with Crippen LogP contribution in [-0.4, -0.2) is 12.1 Å². The summed E-state index contributed by atoms with van der Waals surface area (Å²) in [6.45, 7) is 15.3. The molecule has 0 amide bonds. The van der Waals surface area contributed by atoms with Gasteiger partial charge in [-0.25, -0.2) is 0 Å². The van der Waals surface area contributed by atoms with E-state index in [0.717, 1.165) is 18.4 Å². The summed E-state index contributed by atoms with van der Waals surface area (Å²) in [6.07, 6.45) is 5.42. The molecule has 0 aromatic rings. The van der Waals surface area contributed by atoms with Crippen molar-refractivity contribution in [1.29, 1.82) is 0 Å². The molecule has 0 aromatic carbocycles. The normalized spacial score (nSPS) is 28.5. The highest BCUT2D eigenvalue weighted by Gasteiger charge is 2.55. The van der Waals surface area contributed by atoms with Crippen LogP contribution in [-0.2, 0) is 0 Å². The molecule has 1 heteroatoms. The summed E-state index contributed by atoms with van der Waals surface area (Å²) in [4.78, 5) is 0. The maximum absolute atomic E-state index is 3.77. The fourth-order valence-electron chi connectivity index (χ4n) is 3.62. The first kappa shape index (κ1) is 14.0. The lowest BCUT2D eigenvalue weighted by Gasteiger charge is -2.35. The zero-order valence-electron chi connectivity index (χ0n) is 12.2. The van der Waals surface area contributed by atoms with Crippen LogP contribution in [0.5, 0.6) is 0 Å². The number of nitrogens with one attached hydrogen (secondary N) is 1. The fraction of sp³-hybridized carbons (Fsp3) is 1.00. The summed E-state index contributed by atoms with van der Waals surface area (Å²) in [5, 5.41) is 3.77. The zero-order chi connectivity index (χ0) is 12.4. The minimum atomic E-state index is 0.368. The van der Waals surface area contributed by atoms with E-state index in [0.29, 0.717) is 11.0 Å². The van der Waals surface area contributed by atoms with Crippen LogP contribution in [0.4, 0.5) is 0 Å². The first-order valence-corrected chi connectivity index (χ1v) is 7.10. The first-order chi connectivity index (χ1) is 7.35. The summed E-state index contributed by atoms with van der Waals surface area (Å²) in [6, 6.07) is 0. The molecule has 0 aromatic heterocycles. The van der Waals surface area contributed by atoms with Crippen molar-refractivity contribution in [3.05, 3.63) is 0 Å². The van der Waals surface area contributed by atoms with E-state index in [4.69, 9.17) is 0 Å². The number of rotatable bonds is 7. The lowest BCUT2D eigenvalue weighted by molar-refractivity contribution is 0.223. The highest BCUT2D eigenvalue weighted by molar-refractivity contribution is 5.09. The molecule has 96 valence electrons. The standard InChI is InChI=1S/C15H31N/c1-7-9-12(3)10-15(6,16-8-2)13-11-14(13,4)5/h12-13,16H,7-11H2,1-6H3. The smallest absolute Gasteiger partial charge is 0.0189 e. The van der Waals surface area contributed by atoms with E-state index in [1.807, 2.05) is 0 Å². The Morgan fingerprint density at radius 1 is 1.38 bits per heavy atom. The Labute approximate surface area is 102 Å². The Morgan fingerprint density at radius 3 is 2.31 bits per heavy atom. The van der Waals surface area contributed by atoms with Gasteiger partial charge in [0.2, 0.25) is 0 Å². The third-order valence-electron chi connectivity index (χ3n) is 4.42. The monoisotopic (exact) mass is 225 g/mol. The molecular weight excluding hydrogens is 194 g/mol. The predicted octanol–water partition coefficient (Wildman–Crippen LogP) is 4.23. The van der Waals surface area contributed by atoms with Crippen LogP contribution in [0.1, 0.15) is 67.2 Å². The molecule has 0 bridgehead atoms. The molecule has 3 atom stereocenters. The van der Waals surface area contributed by atoms with Crippen molar-refractivity contribution in [3.8, 4) is 0 Å². The molecule has 1 saturated carbocycles. The summed E-state index contributed by atoms with van der Waals surface area (Å²) < 4.78 is 0. The fourth-order valence-corrected chi connectivity index (χ4v) is 3.62. The second kappa shape index (κ2) is 5.08. The lowest BCUT2D eigenvalue weighted by Crippen LogP contribution is -2.46. The average Bonchev–Trinajstić information content (AvgIpc) is 2.76. The quantitative estimate of drug-likeness (QED) is 0.684. The molecule has 0 aliphatic heterocycles. The SMILES string of the molecule is CCCC(C)CC(C)(NCC)C1CC1(C)C. The van der Waals surface area contributed by atoms with Crippen molar-refractivity contribution in [1.82, 2.24) is 5.32 Å². The second-order valence-corrected chi connectivity index (χ2v) is 6.79. The van der Waals surface area contributed by atoms with Gasteiger partial charge in [0.05, 0.1) is 0 Å². The minimum absolute atomic E-state index is 0.368. The van der Waals surface area contributed by atoms with Crippen LogP contribution in [0.2, 0.25) is 0 Å². The van der Waals surface area contributed by atoms with Crippen LogP contribution in [0.3, 0.4) is 0 Å². The van der Waals surface area contributed by atoms with Gasteiger partial charge in [0, 0.05) is 5.54 Å². The zero-order valence-corrected chi connectivity index (χ0v) is 12.2. The summed E-state index contributed by atoms with van der Waals surface area (Å²) in [5.41, 5.74) is 0.940. The van der Waals surface area contributed by atoms with E-state index in [1.54, 1.807) is 0 Å². The Kier molecular flexibility index (Phi) is 4.45. The third-order valence-corrected chi connectivity index (χ3v) is 4.42. The van der Waals surface area contributed by atoms with Gasteiger partial charge in [-0.2, -0.15) is 0 Å². The van der Waals surface area contributed by atoms with Crippen LogP contribution < -0.4 is 5.32 Å². The van der Waals surface area contributed by atoms with Gasteiger partial charge in [-0.3, -0.25) is 0 Å². The van der Waals surface area contributed by atoms with Crippen molar-refractivity contribution in [2.75, 3.05) is 6.54 Å². The minimum Gasteiger partial charge on any atom is -0.311 e. The van der Waals surface area contributed by atoms with E-state index < -0.39 is 0 Å². The molecule has 0 saturated heterocycles. The topological polar surface area (TPSA) is 12.0 Å². The number of hydrogen-bond acceptors (Lipinski definition) is 1. The van der Waals surface area contributed by atoms with Crippen molar-refractivity contribution in [3.63, 3.8) is 0 Å². The van der Waals surface area contributed by atoms with Gasteiger partial charge in [0.15, 0.2) is 0 Å². The third kappa shape index (κ3) is 3.23. The molecule has 1 nitrogen and oxygen atoms in total. The second-order valence-electron chi connectivity index (χ2n) is 6.79. The van der Waals surface area contributed by atoms with Crippen LogP contribution in [0.15, 0.2) is 0 Å². The molecule has 0 heterocycles. The van der Waals surface area contributed by atoms with E-state index in [2.05, 4.69) is 46.9 Å². The Hall–Kier alpha value is -0.0400. The van der Waals surface area contributed by atoms with E-state index in [9.17, 15) is 0 Å². The van der Waals surface area contributed by atoms with Crippen LogP contribution in [0.25, 0.3) is 0 Å². The molecule has 1 fully saturated rings. The van der Waals surface area contributed by atoms with Gasteiger partial charge < -0.3 is 5.32 Å². The number of hydrogen-bond donors (Lipinski definition) is 1. The summed E-state index contributed by atoms with van der Waals surface area (Å²) in [7, 11) is 0. The Bertz CT molecular complexity index is 221. The maximum Gasteiger partial charge on any atom is 0.0189 e. The Morgan fingerprint density at radius 2 is 1.94 bits per heavy atom. The van der Waals surface area contributed by atoms with Crippen LogP contribution >= 0.6 is 0 Å². The van der Waals surface area contributed by atoms with E-state index in [-0.39, 0.29) is 0 Å². The predicted molar refractivity (Wildman–Crippen MR) is 72.7 cm³/mol. The molecule has 1 N–H and O–H groups in total.